The number of carboxylic acid groups (broad SMARTS) is 1. The number of nitrogens with zero attached hydrogens (tertiary/aromatic N) is 2. The van der Waals surface area contributed by atoms with E-state index < -0.39 is 10.0 Å². The maximum absolute atomic E-state index is 13.1. The van der Waals surface area contributed by atoms with E-state index >= 15 is 0 Å². The number of hydrogen-bond donors (Lipinski definition) is 2. The predicted molar refractivity (Wildman–Crippen MR) is 108 cm³/mol. The van der Waals surface area contributed by atoms with Crippen molar-refractivity contribution in [3.05, 3.63) is 65.5 Å². The minimum Gasteiger partial charge on any atom is -0.483 e. The van der Waals surface area contributed by atoms with Crippen LogP contribution in [0.4, 0.5) is 0 Å². The summed E-state index contributed by atoms with van der Waals surface area (Å²) >= 11 is 5.98. The molecule has 0 saturated heterocycles. The highest BCUT2D eigenvalue weighted by molar-refractivity contribution is 7.90. The van der Waals surface area contributed by atoms with Crippen LogP contribution in [0.5, 0.6) is 0 Å². The average Bonchev–Trinajstić information content (AvgIpc) is 3.10. The summed E-state index contributed by atoms with van der Waals surface area (Å²) in [4.78, 5) is 12.9. The second-order valence-electron chi connectivity index (χ2n) is 5.96. The third-order valence-corrected chi connectivity index (χ3v) is 6.19. The van der Waals surface area contributed by atoms with E-state index in [0.717, 1.165) is 30.6 Å². The van der Waals surface area contributed by atoms with Gasteiger partial charge in [-0.05, 0) is 48.9 Å². The molecule has 7 nitrogen and oxygen atoms in total. The van der Waals surface area contributed by atoms with E-state index in [0.29, 0.717) is 16.1 Å². The van der Waals surface area contributed by atoms with Crippen LogP contribution in [-0.2, 0) is 14.8 Å². The Bertz CT molecular complexity index is 1140. The molecule has 1 aliphatic rings. The summed E-state index contributed by atoms with van der Waals surface area (Å²) in [5.41, 5.74) is 3.24. The maximum Gasteiger partial charge on any atom is 0.290 e. The number of nitrogens with one attached hydrogen (secondary N) is 1. The van der Waals surface area contributed by atoms with E-state index in [4.69, 9.17) is 21.5 Å². The van der Waals surface area contributed by atoms with Gasteiger partial charge in [0.1, 0.15) is 0 Å². The lowest BCUT2D eigenvalue weighted by molar-refractivity contribution is -0.122. The molecule has 1 aliphatic heterocycles. The van der Waals surface area contributed by atoms with Gasteiger partial charge in [0.15, 0.2) is 0 Å². The van der Waals surface area contributed by atoms with E-state index in [1.807, 2.05) is 0 Å². The fourth-order valence-electron chi connectivity index (χ4n) is 3.07. The Morgan fingerprint density at radius 1 is 1.25 bits per heavy atom. The van der Waals surface area contributed by atoms with Gasteiger partial charge in [0.25, 0.3) is 16.5 Å². The molecule has 0 saturated carbocycles. The lowest BCUT2D eigenvalue weighted by atomic mass is 10.0. The van der Waals surface area contributed by atoms with Gasteiger partial charge in [-0.25, -0.2) is 12.4 Å². The van der Waals surface area contributed by atoms with Crippen LogP contribution in [0.1, 0.15) is 12.0 Å². The molecule has 28 heavy (non-hydrogen) atoms. The molecule has 0 spiro atoms. The van der Waals surface area contributed by atoms with Gasteiger partial charge in [0.05, 0.1) is 15.9 Å². The molecular weight excluding hydrogens is 402 g/mol. The molecule has 0 atom stereocenters. The summed E-state index contributed by atoms with van der Waals surface area (Å²) < 4.78 is 27.6. The second-order valence-corrected chi connectivity index (χ2v) is 8.21. The molecule has 1 aromatic carbocycles. The van der Waals surface area contributed by atoms with E-state index in [1.54, 1.807) is 42.7 Å². The number of pyridine rings is 1. The Kier molecular flexibility index (Phi) is 6.13. The van der Waals surface area contributed by atoms with Crippen LogP contribution in [0, 0.1) is 0 Å². The monoisotopic (exact) mass is 419 g/mol. The Labute approximate surface area is 167 Å². The number of benzene rings is 1. The van der Waals surface area contributed by atoms with Crippen LogP contribution in [0.2, 0.25) is 5.02 Å². The zero-order valence-electron chi connectivity index (χ0n) is 14.7. The van der Waals surface area contributed by atoms with Crippen molar-refractivity contribution in [3.63, 3.8) is 0 Å². The van der Waals surface area contributed by atoms with Crippen molar-refractivity contribution in [3.8, 4) is 0 Å². The first-order valence-electron chi connectivity index (χ1n) is 8.44. The van der Waals surface area contributed by atoms with Gasteiger partial charge in [0.2, 0.25) is 0 Å². The fraction of sp³-hybridized carbons (Fsp3) is 0.158. The molecule has 4 rings (SSSR count). The Morgan fingerprint density at radius 3 is 2.71 bits per heavy atom. The summed E-state index contributed by atoms with van der Waals surface area (Å²) in [6, 6.07) is 9.81. The third kappa shape index (κ3) is 3.94. The van der Waals surface area contributed by atoms with Crippen molar-refractivity contribution in [2.75, 3.05) is 13.1 Å². The number of halogens is 1. The number of hydrogen-bond acceptors (Lipinski definition) is 5. The van der Waals surface area contributed by atoms with Gasteiger partial charge < -0.3 is 10.4 Å². The standard InChI is InChI=1S/C18H16ClN3O2S.CH2O2/c19-14-3-1-4-15(11-14)25(23,24)22-12-16(13-6-9-20-10-7-13)18-17(22)5-2-8-21-18;2-1-3/h1-6,8,11-12,20H,7,9-10H2;1H,(H,2,3). The summed E-state index contributed by atoms with van der Waals surface area (Å²) in [5, 5.41) is 10.5. The van der Waals surface area contributed by atoms with Crippen molar-refractivity contribution in [1.29, 1.82) is 0 Å². The number of aromatic nitrogens is 2. The van der Waals surface area contributed by atoms with E-state index in [9.17, 15) is 8.42 Å². The van der Waals surface area contributed by atoms with Crippen LogP contribution in [0.15, 0.2) is 59.8 Å². The zero-order valence-corrected chi connectivity index (χ0v) is 16.3. The summed E-state index contributed by atoms with van der Waals surface area (Å²) in [5.74, 6) is 0. The Morgan fingerprint density at radius 2 is 2.04 bits per heavy atom. The minimum atomic E-state index is -3.76. The first kappa shape index (κ1) is 20.1. The van der Waals surface area contributed by atoms with E-state index in [2.05, 4.69) is 16.4 Å². The molecule has 2 aromatic heterocycles. The van der Waals surface area contributed by atoms with E-state index in [1.165, 1.54) is 10.0 Å². The molecular formula is C19H18ClN3O4S. The molecule has 3 aromatic rings. The highest BCUT2D eigenvalue weighted by atomic mass is 35.5. The lowest BCUT2D eigenvalue weighted by Crippen LogP contribution is -2.20. The quantitative estimate of drug-likeness (QED) is 0.633. The Hall–Kier alpha value is -2.68. The highest BCUT2D eigenvalue weighted by Crippen LogP contribution is 2.31. The normalized spacial score (nSPS) is 14.1. The number of fused-ring (bicyclic) bond motifs is 1. The van der Waals surface area contributed by atoms with Crippen molar-refractivity contribution in [2.45, 2.75) is 11.3 Å². The second kappa shape index (κ2) is 8.55. The van der Waals surface area contributed by atoms with Crippen LogP contribution in [0.3, 0.4) is 0 Å². The smallest absolute Gasteiger partial charge is 0.290 e. The van der Waals surface area contributed by atoms with Crippen molar-refractivity contribution < 1.29 is 18.3 Å². The predicted octanol–water partition coefficient (Wildman–Crippen LogP) is 3.00. The molecule has 3 heterocycles. The molecule has 0 bridgehead atoms. The molecule has 0 unspecified atom stereocenters. The highest BCUT2D eigenvalue weighted by Gasteiger charge is 2.23. The molecule has 0 radical (unpaired) electrons. The van der Waals surface area contributed by atoms with Crippen molar-refractivity contribution in [1.82, 2.24) is 14.3 Å². The first-order chi connectivity index (χ1) is 13.5. The first-order valence-corrected chi connectivity index (χ1v) is 10.3. The van der Waals surface area contributed by atoms with E-state index in [-0.39, 0.29) is 11.4 Å². The van der Waals surface area contributed by atoms with Gasteiger partial charge >= 0.3 is 0 Å². The Balaban J connectivity index is 0.000000706. The minimum absolute atomic E-state index is 0.159. The number of carbonyl (C=O) groups is 1. The SMILES string of the molecule is O=CO.O=S(=O)(c1cccc(Cl)c1)n1cc(C2=CCNCC2)c2ncccc21. The average molecular weight is 420 g/mol. The summed E-state index contributed by atoms with van der Waals surface area (Å²) in [7, 11) is -3.76. The van der Waals surface area contributed by atoms with Crippen molar-refractivity contribution >= 4 is 44.7 Å². The van der Waals surface area contributed by atoms with Crippen LogP contribution in [-0.4, -0.2) is 42.0 Å². The van der Waals surface area contributed by atoms with Gasteiger partial charge in [-0.2, -0.15) is 0 Å². The molecule has 0 amide bonds. The van der Waals surface area contributed by atoms with Gasteiger partial charge in [-0.15, -0.1) is 0 Å². The third-order valence-electron chi connectivity index (χ3n) is 4.29. The lowest BCUT2D eigenvalue weighted by Gasteiger charge is -2.12. The molecule has 0 aliphatic carbocycles. The van der Waals surface area contributed by atoms with Gasteiger partial charge in [0, 0.05) is 29.5 Å². The van der Waals surface area contributed by atoms with Crippen LogP contribution < -0.4 is 5.32 Å². The molecule has 146 valence electrons. The fourth-order valence-corrected chi connectivity index (χ4v) is 4.73. The maximum atomic E-state index is 13.1. The summed E-state index contributed by atoms with van der Waals surface area (Å²) in [6.07, 6.45) is 6.28. The largest absolute Gasteiger partial charge is 0.483 e. The van der Waals surface area contributed by atoms with Gasteiger partial charge in [-0.1, -0.05) is 23.7 Å². The zero-order chi connectivity index (χ0) is 20.1. The molecule has 9 heteroatoms. The van der Waals surface area contributed by atoms with Crippen LogP contribution in [0.25, 0.3) is 16.6 Å². The van der Waals surface area contributed by atoms with Gasteiger partial charge in [-0.3, -0.25) is 9.78 Å². The van der Waals surface area contributed by atoms with Crippen molar-refractivity contribution in [2.24, 2.45) is 0 Å². The molecule has 2 N–H and O–H groups in total. The van der Waals surface area contributed by atoms with Crippen LogP contribution >= 0.6 is 11.6 Å². The topological polar surface area (TPSA) is 101 Å². The molecule has 0 fully saturated rings. The number of rotatable bonds is 3. The summed E-state index contributed by atoms with van der Waals surface area (Å²) in [6.45, 7) is 1.39.